The number of ether oxygens (including phenoxy) is 3. The Morgan fingerprint density at radius 3 is 2.50 bits per heavy atom. The average Bonchev–Trinajstić information content (AvgIpc) is 3.35. The molecule has 40 heavy (non-hydrogen) atoms. The number of benzene rings is 1. The number of amides is 2. The molecule has 0 saturated heterocycles. The van der Waals surface area contributed by atoms with Crippen molar-refractivity contribution in [3.63, 3.8) is 0 Å². The third kappa shape index (κ3) is 6.06. The Bertz CT molecular complexity index is 1440. The molecule has 0 saturated carbocycles. The summed E-state index contributed by atoms with van der Waals surface area (Å²) in [5.41, 5.74) is 2.99. The predicted molar refractivity (Wildman–Crippen MR) is 151 cm³/mol. The number of furan rings is 1. The molecule has 10 nitrogen and oxygen atoms in total. The van der Waals surface area contributed by atoms with E-state index in [1.165, 1.54) is 20.1 Å². The maximum Gasteiger partial charge on any atom is 0.242 e. The highest BCUT2D eigenvalue weighted by Gasteiger charge is 2.29. The summed E-state index contributed by atoms with van der Waals surface area (Å²) in [6.07, 6.45) is 3.30. The van der Waals surface area contributed by atoms with Crippen molar-refractivity contribution < 1.29 is 28.2 Å². The van der Waals surface area contributed by atoms with Crippen LogP contribution < -0.4 is 35.6 Å². The van der Waals surface area contributed by atoms with Gasteiger partial charge in [-0.1, -0.05) is 6.07 Å². The number of rotatable bonds is 10. The Morgan fingerprint density at radius 2 is 1.85 bits per heavy atom. The highest BCUT2D eigenvalue weighted by molar-refractivity contribution is 5.85. The predicted octanol–water partition coefficient (Wildman–Crippen LogP) is 3.62. The number of carbonyl (C=O) groups excluding carboxylic acids is 2. The third-order valence-corrected chi connectivity index (χ3v) is 6.93. The van der Waals surface area contributed by atoms with Crippen LogP contribution in [0.25, 0.3) is 11.1 Å². The topological polar surface area (TPSA) is 128 Å². The molecule has 2 atom stereocenters. The molecule has 1 aliphatic rings. The molecule has 1 aliphatic carbocycles. The van der Waals surface area contributed by atoms with E-state index in [1.807, 2.05) is 18.2 Å². The van der Waals surface area contributed by atoms with Crippen molar-refractivity contribution in [2.45, 2.75) is 45.2 Å². The first kappa shape index (κ1) is 28.5. The molecule has 3 aromatic rings. The van der Waals surface area contributed by atoms with E-state index < -0.39 is 12.1 Å². The molecule has 4 rings (SSSR count). The Morgan fingerprint density at radius 1 is 1.07 bits per heavy atom. The molecule has 2 amide bonds. The molecular weight excluding hydrogens is 514 g/mol. The fraction of sp³-hybridized carbons (Fsp3) is 0.367. The van der Waals surface area contributed by atoms with Gasteiger partial charge >= 0.3 is 0 Å². The second-order valence-electron chi connectivity index (χ2n) is 9.58. The Hall–Kier alpha value is -4.47. The van der Waals surface area contributed by atoms with Gasteiger partial charge in [0, 0.05) is 25.5 Å². The van der Waals surface area contributed by atoms with Gasteiger partial charge in [-0.05, 0) is 66.8 Å². The van der Waals surface area contributed by atoms with Gasteiger partial charge in [0.1, 0.15) is 11.8 Å². The van der Waals surface area contributed by atoms with Crippen molar-refractivity contribution in [3.8, 4) is 28.4 Å². The summed E-state index contributed by atoms with van der Waals surface area (Å²) in [6, 6.07) is 9.43. The molecule has 0 aliphatic heterocycles. The summed E-state index contributed by atoms with van der Waals surface area (Å²) in [5.74, 6) is 1.74. The lowest BCUT2D eigenvalue weighted by Crippen LogP contribution is -2.39. The molecular formula is C30H35N3O7. The largest absolute Gasteiger partial charge is 0.493 e. The van der Waals surface area contributed by atoms with Crippen molar-refractivity contribution in [2.24, 2.45) is 0 Å². The minimum absolute atomic E-state index is 0.207. The molecule has 3 N–H and O–H groups in total. The maximum absolute atomic E-state index is 13.5. The Balaban J connectivity index is 1.73. The van der Waals surface area contributed by atoms with Gasteiger partial charge in [0.2, 0.25) is 23.0 Å². The van der Waals surface area contributed by atoms with Gasteiger partial charge in [-0.3, -0.25) is 14.4 Å². The number of hydrogen-bond donors (Lipinski definition) is 3. The minimum atomic E-state index is -0.677. The monoisotopic (exact) mass is 549 g/mol. The molecule has 0 spiro atoms. The number of nitrogens with one attached hydrogen (secondary N) is 3. The average molecular weight is 550 g/mol. The summed E-state index contributed by atoms with van der Waals surface area (Å²) >= 11 is 0. The van der Waals surface area contributed by atoms with Crippen LogP contribution >= 0.6 is 0 Å². The van der Waals surface area contributed by atoms with Gasteiger partial charge in [0.15, 0.2) is 11.5 Å². The van der Waals surface area contributed by atoms with Crippen LogP contribution in [-0.2, 0) is 22.4 Å². The first-order chi connectivity index (χ1) is 19.3. The number of methoxy groups -OCH3 is 3. The van der Waals surface area contributed by atoms with Crippen LogP contribution in [0, 0.1) is 0 Å². The third-order valence-electron chi connectivity index (χ3n) is 6.93. The lowest BCUT2D eigenvalue weighted by Gasteiger charge is -2.19. The molecule has 2 unspecified atom stereocenters. The van der Waals surface area contributed by atoms with Crippen molar-refractivity contribution in [1.82, 2.24) is 10.6 Å². The zero-order valence-corrected chi connectivity index (χ0v) is 23.4. The standard InChI is InChI=1S/C30H35N3O7/c1-17(30(36)31-13-12-20-7-6-14-40-20)32-24-11-9-21-22(16-25(24)35)23(33-18(2)34)10-8-19-15-26(37-3)28(38-4)29(39-5)27(19)21/h6-7,9,11,14-17,23H,8,10,12-13H2,1-5H3,(H,31,36)(H,32,35)(H,33,34). The molecule has 1 aromatic heterocycles. The smallest absolute Gasteiger partial charge is 0.242 e. The summed E-state index contributed by atoms with van der Waals surface area (Å²) < 4.78 is 22.3. The van der Waals surface area contributed by atoms with E-state index in [-0.39, 0.29) is 22.9 Å². The van der Waals surface area contributed by atoms with Gasteiger partial charge < -0.3 is 34.6 Å². The molecule has 212 valence electrons. The number of aryl methyl sites for hydroxylation is 1. The lowest BCUT2D eigenvalue weighted by atomic mass is 9.95. The SMILES string of the molecule is COc1cc2c(c(OC)c1OC)-c1ccc(NC(C)C(=O)NCCc3ccco3)c(=O)cc1C(NC(C)=O)CC2. The van der Waals surface area contributed by atoms with Gasteiger partial charge in [0.05, 0.1) is 39.3 Å². The highest BCUT2D eigenvalue weighted by Crippen LogP contribution is 2.50. The zero-order chi connectivity index (χ0) is 28.8. The normalized spacial score (nSPS) is 14.6. The highest BCUT2D eigenvalue weighted by atomic mass is 16.5. The number of carbonyl (C=O) groups is 2. The fourth-order valence-electron chi connectivity index (χ4n) is 5.04. The quantitative estimate of drug-likeness (QED) is 0.350. The fourth-order valence-corrected chi connectivity index (χ4v) is 5.04. The van der Waals surface area contributed by atoms with Crippen LogP contribution in [0.3, 0.4) is 0 Å². The molecule has 1 heterocycles. The van der Waals surface area contributed by atoms with Gasteiger partial charge in [-0.25, -0.2) is 0 Å². The van der Waals surface area contributed by atoms with Gasteiger partial charge in [0.25, 0.3) is 0 Å². The number of hydrogen-bond acceptors (Lipinski definition) is 8. The van der Waals surface area contributed by atoms with Gasteiger partial charge in [-0.15, -0.1) is 0 Å². The molecule has 0 fully saturated rings. The summed E-state index contributed by atoms with van der Waals surface area (Å²) in [7, 11) is 4.65. The van der Waals surface area contributed by atoms with Crippen LogP contribution in [0.15, 0.2) is 51.9 Å². The molecule has 0 bridgehead atoms. The molecule has 10 heteroatoms. The second kappa shape index (κ2) is 12.6. The van der Waals surface area contributed by atoms with Crippen LogP contribution in [0.5, 0.6) is 17.2 Å². The van der Waals surface area contributed by atoms with Crippen LogP contribution in [-0.4, -0.2) is 45.7 Å². The molecule has 0 radical (unpaired) electrons. The summed E-state index contributed by atoms with van der Waals surface area (Å²) in [4.78, 5) is 38.3. The van der Waals surface area contributed by atoms with Crippen molar-refractivity contribution in [2.75, 3.05) is 33.2 Å². The van der Waals surface area contributed by atoms with Crippen LogP contribution in [0.1, 0.15) is 43.2 Å². The van der Waals surface area contributed by atoms with E-state index in [1.54, 1.807) is 39.5 Å². The van der Waals surface area contributed by atoms with E-state index in [0.717, 1.165) is 16.9 Å². The van der Waals surface area contributed by atoms with E-state index in [2.05, 4.69) is 16.0 Å². The van der Waals surface area contributed by atoms with E-state index in [4.69, 9.17) is 18.6 Å². The van der Waals surface area contributed by atoms with E-state index in [0.29, 0.717) is 54.2 Å². The number of fused-ring (bicyclic) bond motifs is 3. The first-order valence-corrected chi connectivity index (χ1v) is 13.1. The zero-order valence-electron chi connectivity index (χ0n) is 23.4. The van der Waals surface area contributed by atoms with E-state index in [9.17, 15) is 14.4 Å². The lowest BCUT2D eigenvalue weighted by molar-refractivity contribution is -0.121. The second-order valence-corrected chi connectivity index (χ2v) is 9.58. The van der Waals surface area contributed by atoms with Crippen LogP contribution in [0.2, 0.25) is 0 Å². The van der Waals surface area contributed by atoms with Crippen LogP contribution in [0.4, 0.5) is 5.69 Å². The van der Waals surface area contributed by atoms with Crippen molar-refractivity contribution in [3.05, 3.63) is 69.8 Å². The van der Waals surface area contributed by atoms with Crippen molar-refractivity contribution >= 4 is 17.5 Å². The summed E-state index contributed by atoms with van der Waals surface area (Å²) in [6.45, 7) is 3.54. The Kier molecular flexibility index (Phi) is 8.98. The first-order valence-electron chi connectivity index (χ1n) is 13.1. The minimum Gasteiger partial charge on any atom is -0.493 e. The summed E-state index contributed by atoms with van der Waals surface area (Å²) in [5, 5.41) is 8.90. The maximum atomic E-state index is 13.5. The number of anilines is 1. The Labute approximate surface area is 233 Å². The van der Waals surface area contributed by atoms with E-state index >= 15 is 0 Å². The van der Waals surface area contributed by atoms with Crippen molar-refractivity contribution in [1.29, 1.82) is 0 Å². The van der Waals surface area contributed by atoms with Gasteiger partial charge in [-0.2, -0.15) is 0 Å². The molecule has 2 aromatic carbocycles.